The number of carbonyl (C=O) groups is 1. The molecule has 0 radical (unpaired) electrons. The minimum Gasteiger partial charge on any atom is -0.322 e. The van der Waals surface area contributed by atoms with E-state index in [4.69, 9.17) is 11.6 Å². The van der Waals surface area contributed by atoms with E-state index >= 15 is 0 Å². The van der Waals surface area contributed by atoms with Gasteiger partial charge in [-0.25, -0.2) is 4.39 Å². The molecule has 0 spiro atoms. The van der Waals surface area contributed by atoms with E-state index in [0.29, 0.717) is 5.69 Å². The van der Waals surface area contributed by atoms with Crippen molar-refractivity contribution in [3.63, 3.8) is 0 Å². The van der Waals surface area contributed by atoms with E-state index in [1.54, 1.807) is 0 Å². The van der Waals surface area contributed by atoms with Crippen molar-refractivity contribution in [2.24, 2.45) is 0 Å². The molecule has 0 atom stereocenters. The number of fused-ring (bicyclic) bond motifs is 1. The van der Waals surface area contributed by atoms with Crippen molar-refractivity contribution in [1.82, 2.24) is 5.32 Å². The molecular weight excluding hydrogens is 291 g/mol. The number of halogens is 2. The van der Waals surface area contributed by atoms with Crippen LogP contribution in [0.4, 0.5) is 10.1 Å². The molecule has 2 aromatic rings. The van der Waals surface area contributed by atoms with Gasteiger partial charge in [0.25, 0.3) is 5.91 Å². The van der Waals surface area contributed by atoms with Gasteiger partial charge in [-0.05, 0) is 48.4 Å². The van der Waals surface area contributed by atoms with Gasteiger partial charge in [0.2, 0.25) is 0 Å². The lowest BCUT2D eigenvalue weighted by Gasteiger charge is -2.18. The molecule has 3 rings (SSSR count). The highest BCUT2D eigenvalue weighted by Gasteiger charge is 2.15. The second-order valence-corrected chi connectivity index (χ2v) is 5.34. The van der Waals surface area contributed by atoms with Gasteiger partial charge in [-0.3, -0.25) is 4.79 Å². The maximum absolute atomic E-state index is 13.4. The largest absolute Gasteiger partial charge is 0.322 e. The molecule has 108 valence electrons. The van der Waals surface area contributed by atoms with Crippen LogP contribution in [0.2, 0.25) is 5.02 Å². The lowest BCUT2D eigenvalue weighted by molar-refractivity contribution is 0.102. The molecule has 0 saturated carbocycles. The smallest absolute Gasteiger partial charge is 0.257 e. The summed E-state index contributed by atoms with van der Waals surface area (Å²) < 4.78 is 13.4. The van der Waals surface area contributed by atoms with Gasteiger partial charge in [-0.2, -0.15) is 0 Å². The summed E-state index contributed by atoms with van der Waals surface area (Å²) in [5, 5.41) is 5.89. The highest BCUT2D eigenvalue weighted by molar-refractivity contribution is 6.34. The molecule has 1 amide bonds. The normalized spacial score (nSPS) is 13.6. The third-order valence-electron chi connectivity index (χ3n) is 3.55. The molecule has 0 unspecified atom stereocenters. The highest BCUT2D eigenvalue weighted by atomic mass is 35.5. The first-order chi connectivity index (χ1) is 10.1. The quantitative estimate of drug-likeness (QED) is 0.893. The van der Waals surface area contributed by atoms with E-state index in [0.717, 1.165) is 19.5 Å². The van der Waals surface area contributed by atoms with Crippen LogP contribution in [0.5, 0.6) is 0 Å². The molecule has 1 heterocycles. The maximum Gasteiger partial charge on any atom is 0.257 e. The molecule has 0 aliphatic carbocycles. The van der Waals surface area contributed by atoms with Crippen LogP contribution in [-0.2, 0) is 13.0 Å². The molecule has 3 nitrogen and oxygen atoms in total. The fourth-order valence-corrected chi connectivity index (χ4v) is 2.65. The number of hydrogen-bond acceptors (Lipinski definition) is 2. The first kappa shape index (κ1) is 14.0. The van der Waals surface area contributed by atoms with Crippen molar-refractivity contribution < 1.29 is 9.18 Å². The number of carbonyl (C=O) groups excluding carboxylic acids is 1. The summed E-state index contributed by atoms with van der Waals surface area (Å²) in [4.78, 5) is 12.2. The molecule has 0 aromatic heterocycles. The first-order valence-electron chi connectivity index (χ1n) is 6.73. The fourth-order valence-electron chi connectivity index (χ4n) is 2.44. The third kappa shape index (κ3) is 2.91. The average Bonchev–Trinajstić information content (AvgIpc) is 2.50. The zero-order chi connectivity index (χ0) is 14.8. The topological polar surface area (TPSA) is 41.1 Å². The Morgan fingerprint density at radius 3 is 2.95 bits per heavy atom. The molecule has 2 aromatic carbocycles. The van der Waals surface area contributed by atoms with Crippen molar-refractivity contribution in [2.75, 3.05) is 11.9 Å². The Morgan fingerprint density at radius 2 is 2.10 bits per heavy atom. The summed E-state index contributed by atoms with van der Waals surface area (Å²) in [6.07, 6.45) is 0.985. The van der Waals surface area contributed by atoms with Gasteiger partial charge in [-0.15, -0.1) is 0 Å². The second-order valence-electron chi connectivity index (χ2n) is 4.97. The van der Waals surface area contributed by atoms with Gasteiger partial charge in [0.1, 0.15) is 5.82 Å². The average molecular weight is 305 g/mol. The van der Waals surface area contributed by atoms with Crippen molar-refractivity contribution in [1.29, 1.82) is 0 Å². The zero-order valence-electron chi connectivity index (χ0n) is 11.2. The van der Waals surface area contributed by atoms with Crippen molar-refractivity contribution in [2.45, 2.75) is 13.0 Å². The van der Waals surface area contributed by atoms with Crippen LogP contribution in [0.15, 0.2) is 36.4 Å². The SMILES string of the molecule is O=C(Nc1ccc2c(c1)CNCC2)c1cccc(F)c1Cl. The summed E-state index contributed by atoms with van der Waals surface area (Å²) in [7, 11) is 0. The molecular formula is C16H14ClFN2O. The summed E-state index contributed by atoms with van der Waals surface area (Å²) >= 11 is 5.82. The minimum absolute atomic E-state index is 0.132. The van der Waals surface area contributed by atoms with Gasteiger partial charge in [-0.1, -0.05) is 23.7 Å². The van der Waals surface area contributed by atoms with Crippen molar-refractivity contribution in [3.05, 3.63) is 63.9 Å². The number of rotatable bonds is 2. The van der Waals surface area contributed by atoms with E-state index in [9.17, 15) is 9.18 Å². The predicted octanol–water partition coefficient (Wildman–Crippen LogP) is 3.38. The molecule has 21 heavy (non-hydrogen) atoms. The number of anilines is 1. The van der Waals surface area contributed by atoms with E-state index in [-0.39, 0.29) is 10.6 Å². The predicted molar refractivity (Wildman–Crippen MR) is 81.2 cm³/mol. The van der Waals surface area contributed by atoms with E-state index < -0.39 is 11.7 Å². The first-order valence-corrected chi connectivity index (χ1v) is 7.11. The van der Waals surface area contributed by atoms with Crippen molar-refractivity contribution >= 4 is 23.2 Å². The van der Waals surface area contributed by atoms with Crippen LogP contribution in [0.1, 0.15) is 21.5 Å². The van der Waals surface area contributed by atoms with E-state index in [1.807, 2.05) is 18.2 Å². The number of amides is 1. The van der Waals surface area contributed by atoms with Crippen LogP contribution < -0.4 is 10.6 Å². The van der Waals surface area contributed by atoms with Crippen molar-refractivity contribution in [3.8, 4) is 0 Å². The Kier molecular flexibility index (Phi) is 3.90. The Bertz CT molecular complexity index is 703. The standard InChI is InChI=1S/C16H14ClFN2O/c17-15-13(2-1-3-14(15)18)16(21)20-12-5-4-10-6-7-19-9-11(10)8-12/h1-5,8,19H,6-7,9H2,(H,20,21). The van der Waals surface area contributed by atoms with Crippen LogP contribution >= 0.6 is 11.6 Å². The fraction of sp³-hybridized carbons (Fsp3) is 0.188. The van der Waals surface area contributed by atoms with Crippen LogP contribution in [0.3, 0.4) is 0 Å². The minimum atomic E-state index is -0.598. The number of hydrogen-bond donors (Lipinski definition) is 2. The Hall–Kier alpha value is -1.91. The van der Waals surface area contributed by atoms with Gasteiger partial charge < -0.3 is 10.6 Å². The molecule has 1 aliphatic heterocycles. The Morgan fingerprint density at radius 1 is 1.24 bits per heavy atom. The maximum atomic E-state index is 13.4. The van der Waals surface area contributed by atoms with E-state index in [1.165, 1.54) is 29.3 Å². The monoisotopic (exact) mass is 304 g/mol. The number of benzene rings is 2. The Balaban J connectivity index is 1.83. The lowest BCUT2D eigenvalue weighted by atomic mass is 10.0. The molecule has 5 heteroatoms. The summed E-state index contributed by atoms with van der Waals surface area (Å²) in [6.45, 7) is 1.76. The summed E-state index contributed by atoms with van der Waals surface area (Å²) in [5.41, 5.74) is 3.27. The van der Waals surface area contributed by atoms with Crippen LogP contribution in [-0.4, -0.2) is 12.5 Å². The van der Waals surface area contributed by atoms with Crippen LogP contribution in [0, 0.1) is 5.82 Å². The van der Waals surface area contributed by atoms with Gasteiger partial charge in [0.05, 0.1) is 10.6 Å². The second kappa shape index (κ2) is 5.84. The zero-order valence-corrected chi connectivity index (χ0v) is 12.0. The third-order valence-corrected chi connectivity index (χ3v) is 3.93. The van der Waals surface area contributed by atoms with Gasteiger partial charge in [0, 0.05) is 12.2 Å². The van der Waals surface area contributed by atoms with E-state index in [2.05, 4.69) is 10.6 Å². The number of nitrogens with one attached hydrogen (secondary N) is 2. The highest BCUT2D eigenvalue weighted by Crippen LogP contribution is 2.23. The molecule has 0 bridgehead atoms. The summed E-state index contributed by atoms with van der Waals surface area (Å²) in [5.74, 6) is -1.01. The molecule has 0 fully saturated rings. The molecule has 1 aliphatic rings. The lowest BCUT2D eigenvalue weighted by Crippen LogP contribution is -2.23. The van der Waals surface area contributed by atoms with Gasteiger partial charge >= 0.3 is 0 Å². The molecule has 2 N–H and O–H groups in total. The van der Waals surface area contributed by atoms with Crippen LogP contribution in [0.25, 0.3) is 0 Å². The van der Waals surface area contributed by atoms with Gasteiger partial charge in [0.15, 0.2) is 0 Å². The molecule has 0 saturated heterocycles. The summed E-state index contributed by atoms with van der Waals surface area (Å²) in [6, 6.07) is 10.00. The Labute approximate surface area is 127 Å².